The normalized spacial score (nSPS) is 12.5. The van der Waals surface area contributed by atoms with Gasteiger partial charge in [-0.3, -0.25) is 13.9 Å². The number of rotatable bonds is 9. The molecule has 0 heterocycles. The van der Waals surface area contributed by atoms with Gasteiger partial charge in [-0.15, -0.1) is 0 Å². The lowest BCUT2D eigenvalue weighted by molar-refractivity contribution is -0.139. The number of carbonyl (C=O) groups is 2. The molecule has 0 fully saturated rings. The van der Waals surface area contributed by atoms with E-state index in [1.165, 1.54) is 50.4 Å². The van der Waals surface area contributed by atoms with Crippen LogP contribution in [0.4, 0.5) is 23.2 Å². The fraction of sp³-hybridized carbons (Fsp3) is 0.231. The second-order valence-corrected chi connectivity index (χ2v) is 10.7. The minimum Gasteiger partial charge on any atom is -0.357 e. The van der Waals surface area contributed by atoms with Crippen molar-refractivity contribution < 1.29 is 35.6 Å². The van der Waals surface area contributed by atoms with E-state index >= 15 is 0 Å². The number of hydrogen-bond acceptors (Lipinski definition) is 4. The van der Waals surface area contributed by atoms with Crippen LogP contribution in [0.25, 0.3) is 0 Å². The van der Waals surface area contributed by atoms with Crippen molar-refractivity contribution in [2.75, 3.05) is 17.9 Å². The Balaban J connectivity index is 2.10. The molecule has 0 spiro atoms. The van der Waals surface area contributed by atoms with Gasteiger partial charge in [-0.25, -0.2) is 12.8 Å². The Labute approximate surface area is 228 Å². The van der Waals surface area contributed by atoms with Gasteiger partial charge in [0, 0.05) is 13.6 Å². The highest BCUT2D eigenvalue weighted by atomic mass is 35.5. The molecular formula is C26H24ClF4N3O4S. The molecular weight excluding hydrogens is 562 g/mol. The highest BCUT2D eigenvalue weighted by Crippen LogP contribution is 2.38. The number of alkyl halides is 3. The summed E-state index contributed by atoms with van der Waals surface area (Å²) in [4.78, 5) is 26.8. The number of sulfonamides is 1. The summed E-state index contributed by atoms with van der Waals surface area (Å²) in [5.41, 5.74) is -1.31. The maximum absolute atomic E-state index is 13.6. The molecule has 7 nitrogen and oxygen atoms in total. The van der Waals surface area contributed by atoms with Gasteiger partial charge in [-0.2, -0.15) is 13.2 Å². The van der Waals surface area contributed by atoms with Crippen LogP contribution >= 0.6 is 11.6 Å². The van der Waals surface area contributed by atoms with Crippen molar-refractivity contribution in [2.45, 2.75) is 30.6 Å². The van der Waals surface area contributed by atoms with Gasteiger partial charge < -0.3 is 10.2 Å². The summed E-state index contributed by atoms with van der Waals surface area (Å²) in [5.74, 6) is -1.99. The van der Waals surface area contributed by atoms with Crippen molar-refractivity contribution in [1.82, 2.24) is 10.2 Å². The van der Waals surface area contributed by atoms with Crippen molar-refractivity contribution in [3.63, 3.8) is 0 Å². The first-order valence-corrected chi connectivity index (χ1v) is 13.3. The standard InChI is InChI=1S/C26H24ClF4N3O4S/c1-17(25(36)32-2)33(15-18-8-10-19(28)11-9-18)24(35)16-34(39(37,38)21-6-4-3-5-7-21)20-12-13-23(27)22(14-20)26(29,30)31/h3-14,17H,15-16H2,1-2H3,(H,32,36). The number of nitrogens with one attached hydrogen (secondary N) is 1. The van der Waals surface area contributed by atoms with Gasteiger partial charge >= 0.3 is 6.18 Å². The number of anilines is 1. The third-order valence-electron chi connectivity index (χ3n) is 5.83. The molecule has 1 N–H and O–H groups in total. The summed E-state index contributed by atoms with van der Waals surface area (Å²) >= 11 is 5.73. The van der Waals surface area contributed by atoms with Crippen LogP contribution in [0.5, 0.6) is 0 Å². The van der Waals surface area contributed by atoms with Crippen LogP contribution < -0.4 is 9.62 Å². The average Bonchev–Trinajstić information content (AvgIpc) is 2.90. The van der Waals surface area contributed by atoms with Gasteiger partial charge in [0.15, 0.2) is 0 Å². The number of amides is 2. The number of nitrogens with zero attached hydrogens (tertiary/aromatic N) is 2. The average molecular weight is 586 g/mol. The molecule has 0 aliphatic carbocycles. The maximum Gasteiger partial charge on any atom is 0.417 e. The van der Waals surface area contributed by atoms with Gasteiger partial charge in [0.25, 0.3) is 10.0 Å². The van der Waals surface area contributed by atoms with E-state index in [0.717, 1.165) is 29.2 Å². The third-order valence-corrected chi connectivity index (χ3v) is 7.95. The predicted molar refractivity (Wildman–Crippen MR) is 138 cm³/mol. The van der Waals surface area contributed by atoms with Crippen LogP contribution in [0.1, 0.15) is 18.1 Å². The van der Waals surface area contributed by atoms with Crippen LogP contribution in [0.2, 0.25) is 5.02 Å². The molecule has 0 aromatic heterocycles. The first kappa shape index (κ1) is 29.9. The fourth-order valence-corrected chi connectivity index (χ4v) is 5.36. The largest absolute Gasteiger partial charge is 0.417 e. The second kappa shape index (κ2) is 12.0. The van der Waals surface area contributed by atoms with Gasteiger partial charge in [-0.1, -0.05) is 41.9 Å². The van der Waals surface area contributed by atoms with Crippen molar-refractivity contribution >= 4 is 39.1 Å². The number of hydrogen-bond donors (Lipinski definition) is 1. The van der Waals surface area contributed by atoms with Crippen molar-refractivity contribution in [2.24, 2.45) is 0 Å². The summed E-state index contributed by atoms with van der Waals surface area (Å²) in [6.45, 7) is 0.250. The molecule has 1 atom stereocenters. The van der Waals surface area contributed by atoms with Gasteiger partial charge in [-0.05, 0) is 55.0 Å². The minimum atomic E-state index is -4.90. The molecule has 13 heteroatoms. The smallest absolute Gasteiger partial charge is 0.357 e. The van der Waals surface area contributed by atoms with E-state index in [-0.39, 0.29) is 11.4 Å². The first-order valence-electron chi connectivity index (χ1n) is 11.5. The van der Waals surface area contributed by atoms with E-state index in [2.05, 4.69) is 5.32 Å². The molecule has 1 unspecified atom stereocenters. The summed E-state index contributed by atoms with van der Waals surface area (Å²) in [5, 5.41) is 1.75. The molecule has 2 amide bonds. The Bertz CT molecular complexity index is 1440. The quantitative estimate of drug-likeness (QED) is 0.364. The van der Waals surface area contributed by atoms with Crippen molar-refractivity contribution in [1.29, 1.82) is 0 Å². The molecule has 3 aromatic carbocycles. The number of halogens is 5. The molecule has 0 aliphatic rings. The molecule has 0 saturated carbocycles. The van der Waals surface area contributed by atoms with Crippen LogP contribution in [-0.4, -0.2) is 44.8 Å². The summed E-state index contributed by atoms with van der Waals surface area (Å²) in [6, 6.07) is 13.3. The lowest BCUT2D eigenvalue weighted by Crippen LogP contribution is -2.50. The second-order valence-electron chi connectivity index (χ2n) is 8.42. The first-order chi connectivity index (χ1) is 18.3. The Morgan fingerprint density at radius 2 is 1.62 bits per heavy atom. The lowest BCUT2D eigenvalue weighted by Gasteiger charge is -2.32. The SMILES string of the molecule is CNC(=O)C(C)N(Cc1ccc(F)cc1)C(=O)CN(c1ccc(Cl)c(C(F)(F)F)c1)S(=O)(=O)c1ccccc1. The molecule has 208 valence electrons. The van der Waals surface area contributed by atoms with E-state index in [4.69, 9.17) is 11.6 Å². The third kappa shape index (κ3) is 7.07. The highest BCUT2D eigenvalue weighted by Gasteiger charge is 2.36. The molecule has 3 aromatic rings. The molecule has 39 heavy (non-hydrogen) atoms. The summed E-state index contributed by atoms with van der Waals surface area (Å²) in [6.07, 6.45) is -4.90. The topological polar surface area (TPSA) is 86.8 Å². The Hall–Kier alpha value is -3.64. The Morgan fingerprint density at radius 3 is 2.18 bits per heavy atom. The van der Waals surface area contributed by atoms with E-state index in [1.807, 2.05) is 0 Å². The zero-order chi connectivity index (χ0) is 29.0. The lowest BCUT2D eigenvalue weighted by atomic mass is 10.1. The molecule has 0 bridgehead atoms. The van der Waals surface area contributed by atoms with Gasteiger partial charge in [0.2, 0.25) is 11.8 Å². The molecule has 0 radical (unpaired) electrons. The zero-order valence-corrected chi connectivity index (χ0v) is 22.3. The zero-order valence-electron chi connectivity index (χ0n) is 20.7. The van der Waals surface area contributed by atoms with E-state index < -0.39 is 62.7 Å². The van der Waals surface area contributed by atoms with E-state index in [9.17, 15) is 35.6 Å². The predicted octanol–water partition coefficient (Wildman–Crippen LogP) is 4.86. The summed E-state index contributed by atoms with van der Waals surface area (Å²) < 4.78 is 82.0. The van der Waals surface area contributed by atoms with Gasteiger partial charge in [0.05, 0.1) is 21.2 Å². The molecule has 0 aliphatic heterocycles. The monoisotopic (exact) mass is 585 g/mol. The number of benzene rings is 3. The number of likely N-dealkylation sites (N-methyl/N-ethyl adjacent to an activating group) is 1. The Kier molecular flexibility index (Phi) is 9.23. The van der Waals surface area contributed by atoms with Crippen molar-refractivity contribution in [3.05, 3.63) is 94.8 Å². The van der Waals surface area contributed by atoms with Crippen LogP contribution in [0.15, 0.2) is 77.7 Å². The Morgan fingerprint density at radius 1 is 1.00 bits per heavy atom. The number of carbonyl (C=O) groups excluding carboxylic acids is 2. The van der Waals surface area contributed by atoms with Crippen LogP contribution in [0, 0.1) is 5.82 Å². The van der Waals surface area contributed by atoms with Crippen LogP contribution in [0.3, 0.4) is 0 Å². The highest BCUT2D eigenvalue weighted by molar-refractivity contribution is 7.92. The summed E-state index contributed by atoms with van der Waals surface area (Å²) in [7, 11) is -3.22. The van der Waals surface area contributed by atoms with Crippen LogP contribution in [-0.2, 0) is 32.3 Å². The fourth-order valence-electron chi connectivity index (χ4n) is 3.71. The molecule has 3 rings (SSSR count). The van der Waals surface area contributed by atoms with Crippen molar-refractivity contribution in [3.8, 4) is 0 Å². The maximum atomic E-state index is 13.6. The van der Waals surface area contributed by atoms with E-state index in [0.29, 0.717) is 15.9 Å². The molecule has 0 saturated heterocycles. The van der Waals surface area contributed by atoms with Gasteiger partial charge in [0.1, 0.15) is 18.4 Å². The minimum absolute atomic E-state index is 0.207. The van der Waals surface area contributed by atoms with E-state index in [1.54, 1.807) is 6.07 Å².